The Labute approximate surface area is 107 Å². The van der Waals surface area contributed by atoms with Crippen molar-refractivity contribution in [3.8, 4) is 0 Å². The van der Waals surface area contributed by atoms with Crippen LogP contribution in [0.3, 0.4) is 0 Å². The third kappa shape index (κ3) is 2.69. The number of hydrogen-bond donors (Lipinski definition) is 0. The van der Waals surface area contributed by atoms with Crippen LogP contribution in [0.1, 0.15) is 13.8 Å². The van der Waals surface area contributed by atoms with Gasteiger partial charge in [-0.1, -0.05) is 0 Å². The first-order valence-electron chi connectivity index (χ1n) is 5.78. The molecule has 0 unspecified atom stereocenters. The third-order valence-corrected chi connectivity index (χ3v) is 3.06. The van der Waals surface area contributed by atoms with Crippen LogP contribution in [0.25, 0.3) is 0 Å². The summed E-state index contributed by atoms with van der Waals surface area (Å²) in [5.41, 5.74) is 0. The van der Waals surface area contributed by atoms with Crippen molar-refractivity contribution in [2.45, 2.75) is 38.3 Å². The highest BCUT2D eigenvalue weighted by atomic mass is 19.3. The average molecular weight is 280 g/mol. The maximum absolute atomic E-state index is 13.5. The molecule has 3 aliphatic rings. The quantitative estimate of drug-likeness (QED) is 0.698. The van der Waals surface area contributed by atoms with Crippen molar-refractivity contribution >= 4 is 11.9 Å². The van der Waals surface area contributed by atoms with Gasteiger partial charge >= 0.3 is 17.9 Å². The highest BCUT2D eigenvalue weighted by Crippen LogP contribution is 2.49. The molecule has 0 aromatic rings. The highest BCUT2D eigenvalue weighted by molar-refractivity contribution is 5.66. The molecular formula is C11H14F2O6. The molecule has 6 nitrogen and oxygen atoms in total. The van der Waals surface area contributed by atoms with E-state index < -0.39 is 42.3 Å². The van der Waals surface area contributed by atoms with Gasteiger partial charge in [0.25, 0.3) is 0 Å². The molecule has 4 atom stereocenters. The Hall–Kier alpha value is -1.28. The molecule has 3 fully saturated rings. The number of hydrogen-bond acceptors (Lipinski definition) is 6. The van der Waals surface area contributed by atoms with Crippen molar-refractivity contribution in [3.63, 3.8) is 0 Å². The Morgan fingerprint density at radius 2 is 1.68 bits per heavy atom. The fourth-order valence-electron chi connectivity index (χ4n) is 2.11. The Kier molecular flexibility index (Phi) is 3.73. The van der Waals surface area contributed by atoms with Crippen LogP contribution >= 0.6 is 0 Å². The molecule has 2 bridgehead atoms. The summed E-state index contributed by atoms with van der Waals surface area (Å²) in [5.74, 6) is -5.11. The van der Waals surface area contributed by atoms with Crippen molar-refractivity contribution in [2.75, 3.05) is 13.2 Å². The van der Waals surface area contributed by atoms with Crippen LogP contribution in [0, 0.1) is 5.92 Å². The molecule has 3 heterocycles. The number of alkyl halides is 2. The van der Waals surface area contributed by atoms with Gasteiger partial charge in [-0.3, -0.25) is 9.59 Å². The smallest absolute Gasteiger partial charge is 0.323 e. The van der Waals surface area contributed by atoms with Crippen LogP contribution in [0.4, 0.5) is 8.78 Å². The van der Waals surface area contributed by atoms with Crippen molar-refractivity contribution in [1.29, 1.82) is 0 Å². The number of rotatable bonds is 4. The monoisotopic (exact) mass is 280 g/mol. The zero-order valence-corrected chi connectivity index (χ0v) is 10.4. The standard InChI is InChI=1S/C11H14F2O6/c1-5(14)16-3-7-8(4-17-6(2)15)18-10-11(12,13)9(7)19-10/h7-10H,3-4H2,1-2H3/t7-,8-,9-,10-/m1/s1. The van der Waals surface area contributed by atoms with E-state index >= 15 is 0 Å². The lowest BCUT2D eigenvalue weighted by Gasteiger charge is -2.54. The molecule has 0 aliphatic carbocycles. The summed E-state index contributed by atoms with van der Waals surface area (Å²) in [6.07, 6.45) is -3.77. The Morgan fingerprint density at radius 3 is 2.21 bits per heavy atom. The van der Waals surface area contributed by atoms with Gasteiger partial charge in [0.05, 0.1) is 12.5 Å². The summed E-state index contributed by atoms with van der Waals surface area (Å²) in [4.78, 5) is 21.5. The molecule has 0 spiro atoms. The van der Waals surface area contributed by atoms with E-state index in [1.54, 1.807) is 0 Å². The van der Waals surface area contributed by atoms with Crippen LogP contribution in [0.15, 0.2) is 0 Å². The zero-order valence-electron chi connectivity index (χ0n) is 10.4. The number of carbonyl (C=O) groups excluding carboxylic acids is 2. The maximum Gasteiger partial charge on any atom is 0.323 e. The molecule has 3 rings (SSSR count). The fraction of sp³-hybridized carbons (Fsp3) is 0.818. The average Bonchev–Trinajstić information content (AvgIpc) is 2.33. The first kappa shape index (κ1) is 14.1. The number of carbonyl (C=O) groups is 2. The molecule has 0 amide bonds. The lowest BCUT2D eigenvalue weighted by Crippen LogP contribution is -2.72. The van der Waals surface area contributed by atoms with Gasteiger partial charge in [-0.2, -0.15) is 8.78 Å². The van der Waals surface area contributed by atoms with E-state index in [0.29, 0.717) is 0 Å². The predicted octanol–water partition coefficient (Wildman–Crippen LogP) is 0.488. The van der Waals surface area contributed by atoms with Crippen LogP contribution < -0.4 is 0 Å². The topological polar surface area (TPSA) is 71.1 Å². The van der Waals surface area contributed by atoms with Crippen LogP contribution in [-0.2, 0) is 28.5 Å². The molecule has 0 aromatic carbocycles. The second kappa shape index (κ2) is 5.01. The summed E-state index contributed by atoms with van der Waals surface area (Å²) in [6.45, 7) is 1.94. The second-order valence-corrected chi connectivity index (χ2v) is 4.51. The fourth-order valence-corrected chi connectivity index (χ4v) is 2.11. The van der Waals surface area contributed by atoms with E-state index in [4.69, 9.17) is 18.9 Å². The highest BCUT2D eigenvalue weighted by Gasteiger charge is 2.69. The van der Waals surface area contributed by atoms with Gasteiger partial charge in [0.15, 0.2) is 0 Å². The zero-order chi connectivity index (χ0) is 14.2. The summed E-state index contributed by atoms with van der Waals surface area (Å²) in [6, 6.07) is 0. The summed E-state index contributed by atoms with van der Waals surface area (Å²) in [5, 5.41) is 0. The molecule has 19 heavy (non-hydrogen) atoms. The molecule has 0 N–H and O–H groups in total. The van der Waals surface area contributed by atoms with E-state index in [9.17, 15) is 18.4 Å². The van der Waals surface area contributed by atoms with Crippen molar-refractivity contribution < 1.29 is 37.3 Å². The van der Waals surface area contributed by atoms with E-state index in [1.165, 1.54) is 13.8 Å². The summed E-state index contributed by atoms with van der Waals surface area (Å²) in [7, 11) is 0. The summed E-state index contributed by atoms with van der Waals surface area (Å²) < 4.78 is 46.4. The molecule has 3 aliphatic heterocycles. The molecular weight excluding hydrogens is 266 g/mol. The molecule has 108 valence electrons. The summed E-state index contributed by atoms with van der Waals surface area (Å²) >= 11 is 0. The Bertz CT molecular complexity index is 385. The largest absolute Gasteiger partial charge is 0.465 e. The van der Waals surface area contributed by atoms with E-state index in [1.807, 2.05) is 0 Å². The Balaban J connectivity index is 2.01. The molecule has 0 aromatic heterocycles. The molecule has 8 heteroatoms. The van der Waals surface area contributed by atoms with Gasteiger partial charge in [0.2, 0.25) is 6.29 Å². The first-order valence-corrected chi connectivity index (χ1v) is 5.78. The van der Waals surface area contributed by atoms with Gasteiger partial charge < -0.3 is 18.9 Å². The minimum atomic E-state index is -3.11. The number of fused-ring (bicyclic) bond motifs is 2. The minimum absolute atomic E-state index is 0.173. The lowest BCUT2D eigenvalue weighted by molar-refractivity contribution is -0.460. The van der Waals surface area contributed by atoms with E-state index in [0.717, 1.165) is 0 Å². The van der Waals surface area contributed by atoms with Gasteiger partial charge in [0.1, 0.15) is 18.8 Å². The molecule has 3 saturated heterocycles. The SMILES string of the molecule is CC(=O)OC[C@H]1[C@H]2O[C@@H](O[C@@H]1COC(C)=O)C2(F)F. The molecule has 0 radical (unpaired) electrons. The van der Waals surface area contributed by atoms with Crippen LogP contribution in [0.2, 0.25) is 0 Å². The maximum atomic E-state index is 13.5. The van der Waals surface area contributed by atoms with E-state index in [2.05, 4.69) is 0 Å². The van der Waals surface area contributed by atoms with Crippen LogP contribution in [-0.4, -0.2) is 49.6 Å². The van der Waals surface area contributed by atoms with Crippen molar-refractivity contribution in [3.05, 3.63) is 0 Å². The molecule has 0 saturated carbocycles. The van der Waals surface area contributed by atoms with E-state index in [-0.39, 0.29) is 13.2 Å². The van der Waals surface area contributed by atoms with Gasteiger partial charge in [0, 0.05) is 13.8 Å². The van der Waals surface area contributed by atoms with Gasteiger partial charge in [-0.25, -0.2) is 0 Å². The lowest BCUT2D eigenvalue weighted by atomic mass is 9.85. The predicted molar refractivity (Wildman–Crippen MR) is 55.2 cm³/mol. The third-order valence-electron chi connectivity index (χ3n) is 3.06. The van der Waals surface area contributed by atoms with Crippen molar-refractivity contribution in [1.82, 2.24) is 0 Å². The normalized spacial score (nSPS) is 35.2. The minimum Gasteiger partial charge on any atom is -0.465 e. The Morgan fingerprint density at radius 1 is 1.11 bits per heavy atom. The van der Waals surface area contributed by atoms with Gasteiger partial charge in [-0.05, 0) is 0 Å². The number of ether oxygens (including phenoxy) is 4. The number of halogens is 2. The van der Waals surface area contributed by atoms with Crippen molar-refractivity contribution in [2.24, 2.45) is 5.92 Å². The first-order chi connectivity index (χ1) is 8.82. The van der Waals surface area contributed by atoms with Gasteiger partial charge in [-0.15, -0.1) is 0 Å². The second-order valence-electron chi connectivity index (χ2n) is 4.51. The van der Waals surface area contributed by atoms with Crippen LogP contribution in [0.5, 0.6) is 0 Å². The number of esters is 2.